The number of benzene rings is 1. The van der Waals surface area contributed by atoms with Gasteiger partial charge in [0, 0.05) is 33.1 Å². The molecular formula is C24H38N2O4. The van der Waals surface area contributed by atoms with Crippen molar-refractivity contribution >= 4 is 5.91 Å². The second kappa shape index (κ2) is 9.67. The summed E-state index contributed by atoms with van der Waals surface area (Å²) in [4.78, 5) is 15.9. The highest BCUT2D eigenvalue weighted by molar-refractivity contribution is 5.73. The van der Waals surface area contributed by atoms with Gasteiger partial charge in [-0.25, -0.2) is 0 Å². The zero-order valence-electron chi connectivity index (χ0n) is 18.8. The van der Waals surface area contributed by atoms with Gasteiger partial charge in [-0.05, 0) is 49.9 Å². The highest BCUT2D eigenvalue weighted by atomic mass is 16.5. The summed E-state index contributed by atoms with van der Waals surface area (Å²) in [7, 11) is 0. The molecule has 0 spiro atoms. The molecule has 0 bridgehead atoms. The van der Waals surface area contributed by atoms with E-state index in [1.54, 1.807) is 11.8 Å². The van der Waals surface area contributed by atoms with Crippen molar-refractivity contribution < 1.29 is 19.7 Å². The summed E-state index contributed by atoms with van der Waals surface area (Å²) in [6, 6.07) is 6.00. The third kappa shape index (κ3) is 6.43. The van der Waals surface area contributed by atoms with E-state index >= 15 is 0 Å². The summed E-state index contributed by atoms with van der Waals surface area (Å²) in [5.41, 5.74) is 0.318. The van der Waals surface area contributed by atoms with Gasteiger partial charge in [-0.2, -0.15) is 0 Å². The van der Waals surface area contributed by atoms with Gasteiger partial charge < -0.3 is 19.8 Å². The number of aryl methyl sites for hydroxylation is 2. The number of carbonyl (C=O) groups excluding carboxylic acids is 1. The zero-order valence-corrected chi connectivity index (χ0v) is 18.8. The van der Waals surface area contributed by atoms with Crippen molar-refractivity contribution in [2.45, 2.75) is 70.5 Å². The van der Waals surface area contributed by atoms with Crippen molar-refractivity contribution in [1.82, 2.24) is 9.80 Å². The van der Waals surface area contributed by atoms with Crippen LogP contribution in [0.4, 0.5) is 0 Å². The molecule has 0 aromatic heterocycles. The lowest BCUT2D eigenvalue weighted by atomic mass is 9.93. The predicted molar refractivity (Wildman–Crippen MR) is 118 cm³/mol. The van der Waals surface area contributed by atoms with Crippen molar-refractivity contribution in [2.24, 2.45) is 0 Å². The van der Waals surface area contributed by atoms with Crippen LogP contribution in [0.25, 0.3) is 0 Å². The number of β-amino-alcohol motifs (C(OH)–C–C–N with tert-alkyl or cyclic N) is 2. The molecule has 1 aromatic rings. The van der Waals surface area contributed by atoms with Gasteiger partial charge in [-0.3, -0.25) is 9.69 Å². The monoisotopic (exact) mass is 418 g/mol. The predicted octanol–water partition coefficient (Wildman–Crippen LogP) is 2.66. The molecule has 1 saturated carbocycles. The summed E-state index contributed by atoms with van der Waals surface area (Å²) >= 11 is 0. The van der Waals surface area contributed by atoms with E-state index < -0.39 is 11.2 Å². The number of nitrogens with zero attached hydrogens (tertiary/aromatic N) is 2. The zero-order chi connectivity index (χ0) is 21.8. The quantitative estimate of drug-likeness (QED) is 0.720. The van der Waals surface area contributed by atoms with Crippen LogP contribution in [0.1, 0.15) is 56.6 Å². The first-order valence-corrected chi connectivity index (χ1v) is 11.3. The van der Waals surface area contributed by atoms with Crippen LogP contribution >= 0.6 is 0 Å². The molecule has 1 aliphatic heterocycles. The van der Waals surface area contributed by atoms with Crippen LogP contribution in [0.15, 0.2) is 18.2 Å². The number of ether oxygens (including phenoxy) is 1. The maximum atomic E-state index is 12.1. The summed E-state index contributed by atoms with van der Waals surface area (Å²) in [5.74, 6) is 0.684. The van der Waals surface area contributed by atoms with Gasteiger partial charge in [0.2, 0.25) is 5.91 Å². The molecule has 168 valence electrons. The average molecular weight is 419 g/mol. The largest absolute Gasteiger partial charge is 0.490 e. The fourth-order valence-electron chi connectivity index (χ4n) is 4.93. The van der Waals surface area contributed by atoms with Gasteiger partial charge in [-0.15, -0.1) is 0 Å². The lowest BCUT2D eigenvalue weighted by Crippen LogP contribution is -2.54. The maximum absolute atomic E-state index is 12.1. The van der Waals surface area contributed by atoms with Crippen LogP contribution < -0.4 is 4.74 Å². The number of hydrogen-bond donors (Lipinski definition) is 2. The maximum Gasteiger partial charge on any atom is 0.219 e. The Labute approximate surface area is 180 Å². The Morgan fingerprint density at radius 1 is 0.967 bits per heavy atom. The number of rotatable bonds is 5. The van der Waals surface area contributed by atoms with Crippen LogP contribution in [-0.2, 0) is 4.79 Å². The number of hydrogen-bond acceptors (Lipinski definition) is 5. The van der Waals surface area contributed by atoms with E-state index in [4.69, 9.17) is 4.74 Å². The molecule has 1 atom stereocenters. The van der Waals surface area contributed by atoms with Gasteiger partial charge in [0.05, 0.1) is 12.1 Å². The number of aliphatic hydroxyl groups is 2. The molecule has 0 unspecified atom stereocenters. The van der Waals surface area contributed by atoms with Crippen molar-refractivity contribution in [3.05, 3.63) is 29.3 Å². The molecule has 1 heterocycles. The molecule has 1 aliphatic carbocycles. The van der Waals surface area contributed by atoms with E-state index in [0.717, 1.165) is 42.6 Å². The molecule has 2 aliphatic rings. The Morgan fingerprint density at radius 2 is 1.60 bits per heavy atom. The van der Waals surface area contributed by atoms with Gasteiger partial charge in [-0.1, -0.05) is 31.7 Å². The molecule has 30 heavy (non-hydrogen) atoms. The normalized spacial score (nSPS) is 25.4. The summed E-state index contributed by atoms with van der Waals surface area (Å²) in [6.07, 6.45) is 6.05. The molecule has 6 heteroatoms. The number of amides is 1. The SMILES string of the molecule is CC(=O)N1CCN(CC2(O)CCCCCC2)C[C@@](O)(COc2cc(C)cc(C)c2)C1. The number of carbonyl (C=O) groups is 1. The highest BCUT2D eigenvalue weighted by Gasteiger charge is 2.39. The fourth-order valence-corrected chi connectivity index (χ4v) is 4.93. The second-order valence-corrected chi connectivity index (χ2v) is 9.63. The fraction of sp³-hybridized carbons (Fsp3) is 0.708. The van der Waals surface area contributed by atoms with Crippen molar-refractivity contribution in [1.29, 1.82) is 0 Å². The Bertz CT molecular complexity index is 710. The standard InChI is InChI=1S/C24H38N2O4/c1-19-12-20(2)14-22(13-19)30-18-24(29)16-25(10-11-26(17-24)21(3)27)15-23(28)8-6-4-5-7-9-23/h12-14,28-29H,4-11,15-18H2,1-3H3/t24-/m0/s1. The van der Waals surface area contributed by atoms with Crippen LogP contribution in [0.2, 0.25) is 0 Å². The Kier molecular flexibility index (Phi) is 7.43. The topological polar surface area (TPSA) is 73.2 Å². The van der Waals surface area contributed by atoms with Gasteiger partial charge in [0.15, 0.2) is 0 Å². The van der Waals surface area contributed by atoms with E-state index in [-0.39, 0.29) is 19.1 Å². The first kappa shape index (κ1) is 23.0. The Morgan fingerprint density at radius 3 is 2.20 bits per heavy atom. The molecule has 0 radical (unpaired) electrons. The molecular weight excluding hydrogens is 380 g/mol. The minimum absolute atomic E-state index is 0.0464. The highest BCUT2D eigenvalue weighted by Crippen LogP contribution is 2.29. The van der Waals surface area contributed by atoms with E-state index in [1.807, 2.05) is 26.0 Å². The molecule has 1 amide bonds. The van der Waals surface area contributed by atoms with Gasteiger partial charge in [0.25, 0.3) is 0 Å². The Hall–Kier alpha value is -1.63. The second-order valence-electron chi connectivity index (χ2n) is 9.63. The minimum atomic E-state index is -1.19. The van der Waals surface area contributed by atoms with E-state index in [2.05, 4.69) is 11.0 Å². The third-order valence-electron chi connectivity index (χ3n) is 6.39. The molecule has 1 aromatic carbocycles. The lowest BCUT2D eigenvalue weighted by Gasteiger charge is -2.36. The third-order valence-corrected chi connectivity index (χ3v) is 6.39. The summed E-state index contributed by atoms with van der Waals surface area (Å²) in [6.45, 7) is 8.04. The van der Waals surface area contributed by atoms with Crippen LogP contribution in [0, 0.1) is 13.8 Å². The molecule has 3 rings (SSSR count). The van der Waals surface area contributed by atoms with Gasteiger partial charge >= 0.3 is 0 Å². The van der Waals surface area contributed by atoms with Crippen LogP contribution in [0.3, 0.4) is 0 Å². The molecule has 2 N–H and O–H groups in total. The van der Waals surface area contributed by atoms with Crippen LogP contribution in [-0.4, -0.2) is 76.5 Å². The Balaban J connectivity index is 1.73. The minimum Gasteiger partial charge on any atom is -0.490 e. The first-order valence-electron chi connectivity index (χ1n) is 11.3. The molecule has 6 nitrogen and oxygen atoms in total. The van der Waals surface area contributed by atoms with E-state index in [1.165, 1.54) is 12.8 Å². The lowest BCUT2D eigenvalue weighted by molar-refractivity contribution is -0.132. The average Bonchev–Trinajstić information content (AvgIpc) is 2.96. The van der Waals surface area contributed by atoms with E-state index in [0.29, 0.717) is 26.2 Å². The smallest absolute Gasteiger partial charge is 0.219 e. The summed E-state index contributed by atoms with van der Waals surface area (Å²) < 4.78 is 6.00. The summed E-state index contributed by atoms with van der Waals surface area (Å²) in [5, 5.41) is 22.6. The van der Waals surface area contributed by atoms with Gasteiger partial charge in [0.1, 0.15) is 18.0 Å². The molecule has 2 fully saturated rings. The molecule has 1 saturated heterocycles. The van der Waals surface area contributed by atoms with E-state index in [9.17, 15) is 15.0 Å². The van der Waals surface area contributed by atoms with Crippen LogP contribution in [0.5, 0.6) is 5.75 Å². The first-order chi connectivity index (χ1) is 14.2. The van der Waals surface area contributed by atoms with Crippen molar-refractivity contribution in [2.75, 3.05) is 39.3 Å². The van der Waals surface area contributed by atoms with Crippen molar-refractivity contribution in [3.8, 4) is 5.75 Å². The van der Waals surface area contributed by atoms with Crippen molar-refractivity contribution in [3.63, 3.8) is 0 Å².